The zero-order valence-electron chi connectivity index (χ0n) is 9.43. The van der Waals surface area contributed by atoms with E-state index in [1.807, 2.05) is 20.8 Å². The molecule has 0 aromatic rings. The van der Waals surface area contributed by atoms with Crippen molar-refractivity contribution in [2.24, 2.45) is 0 Å². The van der Waals surface area contributed by atoms with E-state index in [1.165, 1.54) is 6.42 Å². The second-order valence-electron chi connectivity index (χ2n) is 4.88. The van der Waals surface area contributed by atoms with E-state index in [-0.39, 0.29) is 4.75 Å². The molecule has 1 unspecified atom stereocenters. The van der Waals surface area contributed by atoms with Gasteiger partial charge in [-0.3, -0.25) is 0 Å². The summed E-state index contributed by atoms with van der Waals surface area (Å²) >= 11 is 0. The third kappa shape index (κ3) is 4.07. The topological polar surface area (TPSA) is 41.1 Å². The Morgan fingerprint density at radius 1 is 1.29 bits per heavy atom. The van der Waals surface area contributed by atoms with Gasteiger partial charge < -0.3 is 5.32 Å². The van der Waals surface area contributed by atoms with Crippen LogP contribution >= 0.6 is 0 Å². The monoisotopic (exact) mass is 218 g/mol. The normalized spacial score (nSPS) is 26.9. The van der Waals surface area contributed by atoms with Crippen molar-refractivity contribution >= 4 is 11.0 Å². The van der Waals surface area contributed by atoms with Crippen LogP contribution in [0.1, 0.15) is 40.0 Å². The molecule has 3 nitrogen and oxygen atoms in total. The minimum absolute atomic E-state index is 0.153. The molecule has 0 bridgehead atoms. The SMILES string of the molecule is CC(C)(C)S(=O)N[C@H]1CCCNCC1. The van der Waals surface area contributed by atoms with Gasteiger partial charge in [0.2, 0.25) is 0 Å². The Morgan fingerprint density at radius 3 is 2.64 bits per heavy atom. The van der Waals surface area contributed by atoms with E-state index in [2.05, 4.69) is 10.0 Å². The van der Waals surface area contributed by atoms with Gasteiger partial charge in [-0.1, -0.05) is 0 Å². The molecule has 0 aromatic carbocycles. The third-order valence-electron chi connectivity index (χ3n) is 2.41. The molecular weight excluding hydrogens is 196 g/mol. The summed E-state index contributed by atoms with van der Waals surface area (Å²) in [4.78, 5) is 0. The number of nitrogens with one attached hydrogen (secondary N) is 2. The summed E-state index contributed by atoms with van der Waals surface area (Å²) in [7, 11) is -0.920. The van der Waals surface area contributed by atoms with Crippen molar-refractivity contribution in [3.8, 4) is 0 Å². The lowest BCUT2D eigenvalue weighted by Gasteiger charge is -2.23. The maximum atomic E-state index is 11.8. The molecule has 2 atom stereocenters. The first-order valence-electron chi connectivity index (χ1n) is 5.39. The van der Waals surface area contributed by atoms with Crippen LogP contribution in [-0.2, 0) is 11.0 Å². The van der Waals surface area contributed by atoms with Gasteiger partial charge in [0.1, 0.15) is 0 Å². The van der Waals surface area contributed by atoms with Gasteiger partial charge >= 0.3 is 0 Å². The fourth-order valence-corrected chi connectivity index (χ4v) is 2.36. The highest BCUT2D eigenvalue weighted by molar-refractivity contribution is 7.84. The van der Waals surface area contributed by atoms with E-state index in [0.717, 1.165) is 25.9 Å². The van der Waals surface area contributed by atoms with Crippen molar-refractivity contribution in [2.45, 2.75) is 50.8 Å². The second kappa shape index (κ2) is 5.24. The zero-order chi connectivity index (χ0) is 10.6. The Balaban J connectivity index is 2.38. The summed E-state index contributed by atoms with van der Waals surface area (Å²) in [5.41, 5.74) is 0. The van der Waals surface area contributed by atoms with Gasteiger partial charge in [-0.2, -0.15) is 0 Å². The first-order chi connectivity index (χ1) is 6.50. The van der Waals surface area contributed by atoms with Gasteiger partial charge in [0.25, 0.3) is 0 Å². The molecule has 1 heterocycles. The van der Waals surface area contributed by atoms with E-state index >= 15 is 0 Å². The Bertz CT molecular complexity index is 193. The molecule has 0 spiro atoms. The van der Waals surface area contributed by atoms with Gasteiger partial charge in [0.05, 0.1) is 15.7 Å². The summed E-state index contributed by atoms with van der Waals surface area (Å²) in [5.74, 6) is 0. The molecule has 84 valence electrons. The Labute approximate surface area is 89.6 Å². The van der Waals surface area contributed by atoms with Crippen LogP contribution in [0, 0.1) is 0 Å². The predicted octanol–water partition coefficient (Wildman–Crippen LogP) is 1.18. The molecule has 1 fully saturated rings. The van der Waals surface area contributed by atoms with Crippen molar-refractivity contribution in [2.75, 3.05) is 13.1 Å². The molecule has 2 N–H and O–H groups in total. The van der Waals surface area contributed by atoms with Crippen LogP contribution in [0.4, 0.5) is 0 Å². The van der Waals surface area contributed by atoms with Crippen LogP contribution in [0.2, 0.25) is 0 Å². The molecule has 0 amide bonds. The van der Waals surface area contributed by atoms with Crippen LogP contribution in [0.3, 0.4) is 0 Å². The number of hydrogen-bond donors (Lipinski definition) is 2. The second-order valence-corrected chi connectivity index (χ2v) is 6.87. The highest BCUT2D eigenvalue weighted by Gasteiger charge is 2.22. The van der Waals surface area contributed by atoms with Gasteiger partial charge in [-0.25, -0.2) is 8.93 Å². The highest BCUT2D eigenvalue weighted by Crippen LogP contribution is 2.12. The van der Waals surface area contributed by atoms with E-state index in [9.17, 15) is 4.21 Å². The standard InChI is InChI=1S/C10H22N2OS/c1-10(2,3)14(13)12-9-5-4-7-11-8-6-9/h9,11-12H,4-8H2,1-3H3/t9-,14?/m0/s1. The van der Waals surface area contributed by atoms with Gasteiger partial charge in [0.15, 0.2) is 0 Å². The van der Waals surface area contributed by atoms with E-state index in [1.54, 1.807) is 0 Å². The van der Waals surface area contributed by atoms with Crippen LogP contribution in [-0.4, -0.2) is 28.1 Å². The number of hydrogen-bond acceptors (Lipinski definition) is 2. The minimum Gasteiger partial charge on any atom is -0.317 e. The van der Waals surface area contributed by atoms with Crippen molar-refractivity contribution < 1.29 is 4.21 Å². The van der Waals surface area contributed by atoms with Crippen LogP contribution in [0.5, 0.6) is 0 Å². The molecule has 0 aliphatic carbocycles. The lowest BCUT2D eigenvalue weighted by Crippen LogP contribution is -2.40. The fraction of sp³-hybridized carbons (Fsp3) is 1.00. The largest absolute Gasteiger partial charge is 0.317 e. The Hall–Kier alpha value is 0.0700. The molecule has 14 heavy (non-hydrogen) atoms. The van der Waals surface area contributed by atoms with Crippen LogP contribution in [0.15, 0.2) is 0 Å². The quantitative estimate of drug-likeness (QED) is 0.731. The first-order valence-corrected chi connectivity index (χ1v) is 6.54. The van der Waals surface area contributed by atoms with Gasteiger partial charge in [-0.05, 0) is 53.1 Å². The molecular formula is C10H22N2OS. The highest BCUT2D eigenvalue weighted by atomic mass is 32.2. The molecule has 1 saturated heterocycles. The molecule has 4 heteroatoms. The van der Waals surface area contributed by atoms with E-state index in [4.69, 9.17) is 0 Å². The molecule has 1 rings (SSSR count). The molecule has 0 aromatic heterocycles. The maximum absolute atomic E-state index is 11.8. The Kier molecular flexibility index (Phi) is 4.54. The van der Waals surface area contributed by atoms with Gasteiger partial charge in [-0.15, -0.1) is 0 Å². The average Bonchev–Trinajstić information content (AvgIpc) is 2.31. The smallest absolute Gasteiger partial charge is 0.0972 e. The third-order valence-corrected chi connectivity index (χ3v) is 4.07. The molecule has 0 saturated carbocycles. The van der Waals surface area contributed by atoms with Crippen molar-refractivity contribution in [3.05, 3.63) is 0 Å². The van der Waals surface area contributed by atoms with Crippen molar-refractivity contribution in [1.82, 2.24) is 10.0 Å². The predicted molar refractivity (Wildman–Crippen MR) is 61.5 cm³/mol. The van der Waals surface area contributed by atoms with Crippen molar-refractivity contribution in [1.29, 1.82) is 0 Å². The summed E-state index contributed by atoms with van der Waals surface area (Å²) in [6.45, 7) is 8.15. The van der Waals surface area contributed by atoms with E-state index in [0.29, 0.717) is 6.04 Å². The summed E-state index contributed by atoms with van der Waals surface area (Å²) in [5, 5.41) is 3.35. The lowest BCUT2D eigenvalue weighted by atomic mass is 10.1. The Morgan fingerprint density at radius 2 is 2.00 bits per heavy atom. The van der Waals surface area contributed by atoms with Crippen LogP contribution in [0.25, 0.3) is 0 Å². The lowest BCUT2D eigenvalue weighted by molar-refractivity contribution is 0.539. The fourth-order valence-electron chi connectivity index (χ4n) is 1.47. The minimum atomic E-state index is -0.920. The average molecular weight is 218 g/mol. The maximum Gasteiger partial charge on any atom is 0.0972 e. The number of rotatable bonds is 2. The van der Waals surface area contributed by atoms with E-state index < -0.39 is 11.0 Å². The van der Waals surface area contributed by atoms with Gasteiger partial charge in [0, 0.05) is 6.04 Å². The first kappa shape index (κ1) is 12.1. The van der Waals surface area contributed by atoms with Crippen molar-refractivity contribution in [3.63, 3.8) is 0 Å². The molecule has 0 radical (unpaired) electrons. The molecule has 1 aliphatic rings. The summed E-state index contributed by atoms with van der Waals surface area (Å²) in [6, 6.07) is 0.421. The van der Waals surface area contributed by atoms with Crippen LogP contribution < -0.4 is 10.0 Å². The zero-order valence-corrected chi connectivity index (χ0v) is 10.2. The summed E-state index contributed by atoms with van der Waals surface area (Å²) in [6.07, 6.45) is 3.40. The molecule has 1 aliphatic heterocycles. The summed E-state index contributed by atoms with van der Waals surface area (Å²) < 4.78 is 14.9.